The molecule has 0 spiro atoms. The van der Waals surface area contributed by atoms with Crippen LogP contribution in [0.25, 0.3) is 10.8 Å². The van der Waals surface area contributed by atoms with E-state index in [0.29, 0.717) is 22.9 Å². The summed E-state index contributed by atoms with van der Waals surface area (Å²) < 4.78 is 5.91. The van der Waals surface area contributed by atoms with E-state index in [-0.39, 0.29) is 6.42 Å². The fourth-order valence-corrected chi connectivity index (χ4v) is 3.94. The van der Waals surface area contributed by atoms with E-state index in [0.717, 1.165) is 16.3 Å². The van der Waals surface area contributed by atoms with Crippen LogP contribution in [0.5, 0.6) is 11.5 Å². The third-order valence-corrected chi connectivity index (χ3v) is 5.48. The largest absolute Gasteiger partial charge is 0.480 e. The van der Waals surface area contributed by atoms with E-state index >= 15 is 0 Å². The van der Waals surface area contributed by atoms with Crippen molar-refractivity contribution in [1.82, 2.24) is 5.32 Å². The number of rotatable bonds is 4. The smallest absolute Gasteiger partial charge is 0.327 e. The highest BCUT2D eigenvalue weighted by Crippen LogP contribution is 2.46. The zero-order valence-electron chi connectivity index (χ0n) is 17.1. The second kappa shape index (κ2) is 8.07. The summed E-state index contributed by atoms with van der Waals surface area (Å²) in [5, 5.41) is 14.6. The Hall–Kier alpha value is -4.32. The Kier molecular flexibility index (Phi) is 4.95. The molecule has 0 fully saturated rings. The number of carbonyl (C=O) groups excluding carboxylic acids is 1. The summed E-state index contributed by atoms with van der Waals surface area (Å²) >= 11 is 0. The van der Waals surface area contributed by atoms with Gasteiger partial charge in [0, 0.05) is 6.42 Å². The summed E-state index contributed by atoms with van der Waals surface area (Å²) in [4.78, 5) is 26.8. The number of carboxylic acids is 1. The number of benzene rings is 4. The Morgan fingerprint density at radius 2 is 1.41 bits per heavy atom. The SMILES string of the molecule is O=C(O)[C@@H](Cc1ccc2ccccc2c1)NC(=O)N1c2ccccc2Oc2ccccc21. The number of nitrogens with one attached hydrogen (secondary N) is 1. The van der Waals surface area contributed by atoms with Crippen LogP contribution in [0.2, 0.25) is 0 Å². The number of nitrogens with zero attached hydrogens (tertiary/aromatic N) is 1. The molecule has 0 saturated heterocycles. The number of para-hydroxylation sites is 4. The van der Waals surface area contributed by atoms with E-state index in [1.807, 2.05) is 54.6 Å². The molecule has 2 amide bonds. The van der Waals surface area contributed by atoms with Crippen LogP contribution in [-0.2, 0) is 11.2 Å². The Morgan fingerprint density at radius 3 is 2.06 bits per heavy atom. The Balaban J connectivity index is 1.44. The summed E-state index contributed by atoms with van der Waals surface area (Å²) in [5.41, 5.74) is 1.94. The van der Waals surface area contributed by atoms with Crippen molar-refractivity contribution in [2.75, 3.05) is 4.90 Å². The van der Waals surface area contributed by atoms with Gasteiger partial charge in [0.25, 0.3) is 0 Å². The lowest BCUT2D eigenvalue weighted by Gasteiger charge is -2.31. The molecule has 2 N–H and O–H groups in total. The number of aliphatic carboxylic acids is 1. The molecule has 6 nitrogen and oxygen atoms in total. The molecule has 1 atom stereocenters. The molecule has 158 valence electrons. The zero-order valence-corrected chi connectivity index (χ0v) is 17.1. The van der Waals surface area contributed by atoms with Crippen molar-refractivity contribution >= 4 is 34.1 Å². The average Bonchev–Trinajstić information content (AvgIpc) is 2.81. The number of hydrogen-bond donors (Lipinski definition) is 2. The highest BCUT2D eigenvalue weighted by atomic mass is 16.5. The van der Waals surface area contributed by atoms with Gasteiger partial charge in [0.15, 0.2) is 11.5 Å². The van der Waals surface area contributed by atoms with Gasteiger partial charge in [0.2, 0.25) is 0 Å². The van der Waals surface area contributed by atoms with E-state index in [4.69, 9.17) is 4.74 Å². The van der Waals surface area contributed by atoms with Crippen molar-refractivity contribution in [3.63, 3.8) is 0 Å². The summed E-state index contributed by atoms with van der Waals surface area (Å²) in [6.45, 7) is 0. The zero-order chi connectivity index (χ0) is 22.1. The summed E-state index contributed by atoms with van der Waals surface area (Å²) in [5.74, 6) is -0.0353. The fraction of sp³-hybridized carbons (Fsp3) is 0.0769. The molecule has 0 unspecified atom stereocenters. The first kappa shape index (κ1) is 19.6. The average molecular weight is 424 g/mol. The number of urea groups is 1. The molecule has 32 heavy (non-hydrogen) atoms. The number of amides is 2. The molecule has 4 aromatic rings. The molecule has 1 heterocycles. The topological polar surface area (TPSA) is 78.9 Å². The van der Waals surface area contributed by atoms with Crippen LogP contribution < -0.4 is 15.0 Å². The molecule has 1 aliphatic heterocycles. The molecule has 4 aromatic carbocycles. The molecule has 5 rings (SSSR count). The monoisotopic (exact) mass is 424 g/mol. The van der Waals surface area contributed by atoms with Gasteiger partial charge in [-0.3, -0.25) is 4.90 Å². The standard InChI is InChI=1S/C26H20N2O4/c29-25(30)20(16-17-13-14-18-7-1-2-8-19(18)15-17)27-26(31)28-21-9-3-5-11-23(21)32-24-12-6-4-10-22(24)28/h1-15,20H,16H2,(H,27,31)(H,29,30)/t20-/m1/s1. The molecule has 0 aromatic heterocycles. The second-order valence-electron chi connectivity index (χ2n) is 7.60. The molecule has 0 aliphatic carbocycles. The highest BCUT2D eigenvalue weighted by molar-refractivity contribution is 6.04. The van der Waals surface area contributed by atoms with Gasteiger partial charge in [-0.2, -0.15) is 0 Å². The number of fused-ring (bicyclic) bond motifs is 3. The van der Waals surface area contributed by atoms with E-state index in [2.05, 4.69) is 5.32 Å². The minimum Gasteiger partial charge on any atom is -0.480 e. The van der Waals surface area contributed by atoms with Crippen molar-refractivity contribution in [3.8, 4) is 11.5 Å². The predicted molar refractivity (Wildman–Crippen MR) is 123 cm³/mol. The minimum atomic E-state index is -1.10. The van der Waals surface area contributed by atoms with Gasteiger partial charge in [0.1, 0.15) is 6.04 Å². The van der Waals surface area contributed by atoms with Crippen LogP contribution in [-0.4, -0.2) is 23.1 Å². The number of carbonyl (C=O) groups is 2. The summed E-state index contributed by atoms with van der Waals surface area (Å²) in [6.07, 6.45) is 0.166. The van der Waals surface area contributed by atoms with Crippen LogP contribution in [0.15, 0.2) is 91.0 Å². The van der Waals surface area contributed by atoms with Crippen molar-refractivity contribution in [2.24, 2.45) is 0 Å². The maximum Gasteiger partial charge on any atom is 0.327 e. The number of carboxylic acid groups (broad SMARTS) is 1. The van der Waals surface area contributed by atoms with Gasteiger partial charge in [-0.15, -0.1) is 0 Å². The van der Waals surface area contributed by atoms with Gasteiger partial charge in [-0.1, -0.05) is 66.7 Å². The highest BCUT2D eigenvalue weighted by Gasteiger charge is 2.31. The first-order valence-electron chi connectivity index (χ1n) is 10.3. The Labute approximate surface area is 184 Å². The quantitative estimate of drug-likeness (QED) is 0.454. The van der Waals surface area contributed by atoms with E-state index in [1.54, 1.807) is 36.4 Å². The van der Waals surface area contributed by atoms with Gasteiger partial charge in [-0.05, 0) is 40.6 Å². The fourth-order valence-electron chi connectivity index (χ4n) is 3.94. The molecule has 0 saturated carbocycles. The normalized spacial score (nSPS) is 12.9. The molecular formula is C26H20N2O4. The maximum atomic E-state index is 13.3. The van der Waals surface area contributed by atoms with Crippen LogP contribution in [0.1, 0.15) is 5.56 Å². The predicted octanol–water partition coefficient (Wildman–Crippen LogP) is 5.49. The lowest BCUT2D eigenvalue weighted by Crippen LogP contribution is -2.48. The van der Waals surface area contributed by atoms with Crippen LogP contribution in [0, 0.1) is 0 Å². The van der Waals surface area contributed by atoms with Crippen molar-refractivity contribution < 1.29 is 19.4 Å². The van der Waals surface area contributed by atoms with Gasteiger partial charge in [0.05, 0.1) is 11.4 Å². The molecule has 6 heteroatoms. The van der Waals surface area contributed by atoms with Crippen LogP contribution in [0.4, 0.5) is 16.2 Å². The summed E-state index contributed by atoms with van der Waals surface area (Å²) in [6, 6.07) is 26.4. The maximum absolute atomic E-state index is 13.3. The second-order valence-corrected chi connectivity index (χ2v) is 7.60. The number of hydrogen-bond acceptors (Lipinski definition) is 3. The van der Waals surface area contributed by atoms with E-state index < -0.39 is 18.0 Å². The van der Waals surface area contributed by atoms with E-state index in [9.17, 15) is 14.7 Å². The third-order valence-electron chi connectivity index (χ3n) is 5.48. The first-order chi connectivity index (χ1) is 15.6. The van der Waals surface area contributed by atoms with Crippen LogP contribution in [0.3, 0.4) is 0 Å². The van der Waals surface area contributed by atoms with Crippen molar-refractivity contribution in [2.45, 2.75) is 12.5 Å². The van der Waals surface area contributed by atoms with Gasteiger partial charge in [-0.25, -0.2) is 9.59 Å². The van der Waals surface area contributed by atoms with Gasteiger partial charge < -0.3 is 15.2 Å². The molecule has 0 radical (unpaired) electrons. The molecule has 0 bridgehead atoms. The lowest BCUT2D eigenvalue weighted by molar-refractivity contribution is -0.139. The minimum absolute atomic E-state index is 0.166. The van der Waals surface area contributed by atoms with Crippen molar-refractivity contribution in [3.05, 3.63) is 96.6 Å². The molecule has 1 aliphatic rings. The van der Waals surface area contributed by atoms with Gasteiger partial charge >= 0.3 is 12.0 Å². The first-order valence-corrected chi connectivity index (χ1v) is 10.3. The molecular weight excluding hydrogens is 404 g/mol. The summed E-state index contributed by atoms with van der Waals surface area (Å²) in [7, 11) is 0. The van der Waals surface area contributed by atoms with E-state index in [1.165, 1.54) is 4.90 Å². The third kappa shape index (κ3) is 3.63. The Morgan fingerprint density at radius 1 is 0.812 bits per heavy atom. The number of ether oxygens (including phenoxy) is 1. The number of anilines is 2. The lowest BCUT2D eigenvalue weighted by atomic mass is 10.0. The van der Waals surface area contributed by atoms with Crippen LogP contribution >= 0.6 is 0 Å². The van der Waals surface area contributed by atoms with Crippen molar-refractivity contribution in [1.29, 1.82) is 0 Å². The Bertz CT molecular complexity index is 1290.